The predicted molar refractivity (Wildman–Crippen MR) is 117 cm³/mol. The second-order valence-corrected chi connectivity index (χ2v) is 8.25. The molecule has 1 amide bonds. The number of rotatable bonds is 2. The molecule has 0 unspecified atom stereocenters. The molecule has 0 saturated carbocycles. The van der Waals surface area contributed by atoms with Crippen LogP contribution in [0.2, 0.25) is 0 Å². The number of nitrogens with one attached hydrogen (secondary N) is 1. The van der Waals surface area contributed by atoms with Crippen molar-refractivity contribution in [1.29, 1.82) is 5.41 Å². The van der Waals surface area contributed by atoms with E-state index >= 15 is 0 Å². The van der Waals surface area contributed by atoms with Crippen molar-refractivity contribution in [3.8, 4) is 11.3 Å². The summed E-state index contributed by atoms with van der Waals surface area (Å²) < 4.78 is 6.21. The fraction of sp³-hybridized carbons (Fsp3) is 0.0556. The molecule has 1 aromatic carbocycles. The van der Waals surface area contributed by atoms with Crippen LogP contribution < -0.4 is 0 Å². The van der Waals surface area contributed by atoms with Crippen molar-refractivity contribution in [2.75, 3.05) is 6.26 Å². The molecule has 0 spiro atoms. The van der Waals surface area contributed by atoms with Crippen LogP contribution in [0.4, 0.5) is 0 Å². The molecular weight excluding hydrogens is 412 g/mol. The van der Waals surface area contributed by atoms with E-state index in [2.05, 4.69) is 9.39 Å². The standard InChI is InChI=1S/C18H12N6OS3/c1-26-18-22-28-17-21-15(25)11(14(19)24(17)18)9-12-13(10-5-3-2-4-6-10)20-16-23(12)7-8-27-16/h2-9,19H,1H3. The summed E-state index contributed by atoms with van der Waals surface area (Å²) in [5, 5.41) is 11.6. The molecule has 0 saturated heterocycles. The van der Waals surface area contributed by atoms with Gasteiger partial charge in [0.2, 0.25) is 5.17 Å². The van der Waals surface area contributed by atoms with Gasteiger partial charge in [0, 0.05) is 17.1 Å². The van der Waals surface area contributed by atoms with Gasteiger partial charge < -0.3 is 0 Å². The topological polar surface area (TPSA) is 86.2 Å². The van der Waals surface area contributed by atoms with Gasteiger partial charge in [0.25, 0.3) is 5.91 Å². The molecule has 2 aliphatic rings. The summed E-state index contributed by atoms with van der Waals surface area (Å²) in [6.45, 7) is 0. The Labute approximate surface area is 172 Å². The lowest BCUT2D eigenvalue weighted by atomic mass is 10.1. The molecule has 0 aliphatic carbocycles. The largest absolute Gasteiger partial charge is 0.290 e. The Kier molecular flexibility index (Phi) is 4.18. The molecule has 28 heavy (non-hydrogen) atoms. The first-order valence-electron chi connectivity index (χ1n) is 8.21. The van der Waals surface area contributed by atoms with Crippen LogP contribution in [-0.2, 0) is 4.79 Å². The van der Waals surface area contributed by atoms with Crippen LogP contribution in [0, 0.1) is 5.41 Å². The van der Waals surface area contributed by atoms with Crippen molar-refractivity contribution in [3.63, 3.8) is 0 Å². The van der Waals surface area contributed by atoms with E-state index in [1.165, 1.54) is 23.1 Å². The molecule has 4 heterocycles. The smallest absolute Gasteiger partial charge is 0.283 e. The van der Waals surface area contributed by atoms with Gasteiger partial charge in [-0.3, -0.25) is 14.6 Å². The summed E-state index contributed by atoms with van der Waals surface area (Å²) in [6.07, 6.45) is 5.51. The predicted octanol–water partition coefficient (Wildman–Crippen LogP) is 4.00. The third-order valence-electron chi connectivity index (χ3n) is 4.30. The zero-order valence-electron chi connectivity index (χ0n) is 14.5. The second-order valence-electron chi connectivity index (χ2n) is 5.88. The number of aromatic nitrogens is 2. The van der Waals surface area contributed by atoms with E-state index in [0.717, 1.165) is 33.9 Å². The Bertz CT molecular complexity index is 1220. The van der Waals surface area contributed by atoms with E-state index in [0.29, 0.717) is 10.3 Å². The van der Waals surface area contributed by atoms with Crippen LogP contribution in [0.25, 0.3) is 22.3 Å². The van der Waals surface area contributed by atoms with Gasteiger partial charge >= 0.3 is 0 Å². The number of nitrogens with zero attached hydrogens (tertiary/aromatic N) is 5. The lowest BCUT2D eigenvalue weighted by Crippen LogP contribution is -2.41. The van der Waals surface area contributed by atoms with Crippen molar-refractivity contribution in [2.45, 2.75) is 0 Å². The number of hydrogen-bond acceptors (Lipinski definition) is 7. The summed E-state index contributed by atoms with van der Waals surface area (Å²) in [5.41, 5.74) is 2.69. The Morgan fingerprint density at radius 1 is 1.25 bits per heavy atom. The number of hydrogen-bond donors (Lipinski definition) is 1. The molecule has 7 nitrogen and oxygen atoms in total. The fourth-order valence-corrected chi connectivity index (χ4v) is 5.19. The van der Waals surface area contributed by atoms with Gasteiger partial charge in [-0.05, 0) is 12.3 Å². The number of carbonyl (C=O) groups is 1. The van der Waals surface area contributed by atoms with Gasteiger partial charge in [-0.2, -0.15) is 9.39 Å². The first kappa shape index (κ1) is 17.4. The van der Waals surface area contributed by atoms with E-state index in [4.69, 9.17) is 10.4 Å². The Morgan fingerprint density at radius 3 is 2.86 bits per heavy atom. The number of aliphatic imine (C=N–C) groups is 1. The number of amidine groups is 3. The maximum atomic E-state index is 12.7. The normalized spacial score (nSPS) is 18.0. The summed E-state index contributed by atoms with van der Waals surface area (Å²) in [6, 6.07) is 9.81. The highest BCUT2D eigenvalue weighted by Crippen LogP contribution is 2.33. The molecule has 2 aliphatic heterocycles. The number of benzene rings is 1. The number of thioether (sulfide) groups is 1. The number of amides is 1. The molecule has 5 rings (SSSR count). The van der Waals surface area contributed by atoms with E-state index in [1.54, 1.807) is 11.0 Å². The Morgan fingerprint density at radius 2 is 2.07 bits per heavy atom. The quantitative estimate of drug-likeness (QED) is 0.496. The van der Waals surface area contributed by atoms with Gasteiger partial charge in [-0.25, -0.2) is 9.88 Å². The van der Waals surface area contributed by atoms with E-state index in [-0.39, 0.29) is 11.4 Å². The van der Waals surface area contributed by atoms with Gasteiger partial charge in [0.1, 0.15) is 5.84 Å². The monoisotopic (exact) mass is 424 g/mol. The lowest BCUT2D eigenvalue weighted by Gasteiger charge is -2.23. The molecule has 1 N–H and O–H groups in total. The maximum absolute atomic E-state index is 12.7. The number of fused-ring (bicyclic) bond motifs is 2. The van der Waals surface area contributed by atoms with Crippen molar-refractivity contribution in [1.82, 2.24) is 14.3 Å². The minimum Gasteiger partial charge on any atom is -0.290 e. The number of thiazole rings is 1. The van der Waals surface area contributed by atoms with Crippen LogP contribution in [-0.4, -0.2) is 42.6 Å². The van der Waals surface area contributed by atoms with Gasteiger partial charge in [0.15, 0.2) is 10.1 Å². The van der Waals surface area contributed by atoms with Crippen molar-refractivity contribution < 1.29 is 4.79 Å². The average molecular weight is 425 g/mol. The summed E-state index contributed by atoms with van der Waals surface area (Å²) in [4.78, 5) is 24.0. The van der Waals surface area contributed by atoms with Crippen LogP contribution in [0.15, 0.2) is 56.9 Å². The zero-order valence-corrected chi connectivity index (χ0v) is 16.9. The second kappa shape index (κ2) is 6.73. The molecule has 138 valence electrons. The molecule has 3 aromatic rings. The van der Waals surface area contributed by atoms with Crippen molar-refractivity contribution in [2.24, 2.45) is 9.39 Å². The third-order valence-corrected chi connectivity index (χ3v) is 6.52. The highest BCUT2D eigenvalue weighted by atomic mass is 32.2. The van der Waals surface area contributed by atoms with Crippen LogP contribution >= 0.6 is 35.0 Å². The summed E-state index contributed by atoms with van der Waals surface area (Å²) in [7, 11) is 0. The highest BCUT2D eigenvalue weighted by Gasteiger charge is 2.37. The van der Waals surface area contributed by atoms with Crippen LogP contribution in [0.3, 0.4) is 0 Å². The third kappa shape index (κ3) is 2.64. The van der Waals surface area contributed by atoms with E-state index < -0.39 is 5.91 Å². The molecule has 10 heteroatoms. The van der Waals surface area contributed by atoms with Crippen molar-refractivity contribution in [3.05, 3.63) is 53.2 Å². The SMILES string of the molecule is CSC1=NSC2=NC(=O)C(=Cc3c(-c4ccccc4)nc4sccn34)C(=N)N12. The van der Waals surface area contributed by atoms with Crippen molar-refractivity contribution >= 4 is 68.2 Å². The van der Waals surface area contributed by atoms with Gasteiger partial charge in [-0.15, -0.1) is 11.3 Å². The molecule has 0 atom stereocenters. The Balaban J connectivity index is 1.68. The van der Waals surface area contributed by atoms with E-state index in [1.807, 2.05) is 52.6 Å². The van der Waals surface area contributed by atoms with Crippen LogP contribution in [0.1, 0.15) is 5.69 Å². The van der Waals surface area contributed by atoms with Gasteiger partial charge in [0.05, 0.1) is 28.9 Å². The molecular formula is C18H12N6OS3. The fourth-order valence-electron chi connectivity index (χ4n) is 3.02. The number of imidazole rings is 1. The van der Waals surface area contributed by atoms with Crippen LogP contribution in [0.5, 0.6) is 0 Å². The van der Waals surface area contributed by atoms with Gasteiger partial charge in [-0.1, -0.05) is 42.1 Å². The maximum Gasteiger partial charge on any atom is 0.283 e. The minimum absolute atomic E-state index is 0.0808. The van der Waals surface area contributed by atoms with E-state index in [9.17, 15) is 4.79 Å². The minimum atomic E-state index is -0.439. The summed E-state index contributed by atoms with van der Waals surface area (Å²) in [5.74, 6) is -0.359. The average Bonchev–Trinajstić information content (AvgIpc) is 3.40. The molecule has 2 aromatic heterocycles. The molecule has 0 fully saturated rings. The molecule has 0 radical (unpaired) electrons. The number of carbonyl (C=O) groups excluding carboxylic acids is 1. The molecule has 0 bridgehead atoms. The highest BCUT2D eigenvalue weighted by molar-refractivity contribution is 8.18. The first-order chi connectivity index (χ1) is 13.7. The zero-order chi connectivity index (χ0) is 19.3. The summed E-state index contributed by atoms with van der Waals surface area (Å²) >= 11 is 4.06. The lowest BCUT2D eigenvalue weighted by molar-refractivity contribution is -0.114. The Hall–Kier alpha value is -2.69. The first-order valence-corrected chi connectivity index (χ1v) is 11.1.